The van der Waals surface area contributed by atoms with Gasteiger partial charge in [-0.3, -0.25) is 4.79 Å². The predicted molar refractivity (Wildman–Crippen MR) is 336 cm³/mol. The van der Waals surface area contributed by atoms with Gasteiger partial charge in [-0.15, -0.1) is 0 Å². The molecule has 0 spiro atoms. The molecule has 79 heavy (non-hydrogen) atoms. The predicted octanol–water partition coefficient (Wildman–Crippen LogP) is 18.0. The van der Waals surface area contributed by atoms with Crippen LogP contribution in [0.15, 0.2) is 72.9 Å². The van der Waals surface area contributed by atoms with Crippen LogP contribution in [0.1, 0.15) is 309 Å². The molecule has 0 aromatic rings. The Morgan fingerprint density at radius 2 is 0.759 bits per heavy atom. The van der Waals surface area contributed by atoms with Crippen molar-refractivity contribution >= 4 is 5.91 Å². The van der Waals surface area contributed by atoms with E-state index in [9.17, 15) is 30.3 Å². The lowest BCUT2D eigenvalue weighted by atomic mass is 9.99. The van der Waals surface area contributed by atoms with Crippen molar-refractivity contribution < 1.29 is 39.8 Å². The Bertz CT molecular complexity index is 1470. The Labute approximate surface area is 487 Å². The highest BCUT2D eigenvalue weighted by Gasteiger charge is 2.44. The molecule has 1 saturated heterocycles. The molecule has 1 aliphatic heterocycles. The topological polar surface area (TPSA) is 149 Å². The fourth-order valence-corrected chi connectivity index (χ4v) is 10.4. The van der Waals surface area contributed by atoms with E-state index in [1.807, 2.05) is 6.08 Å². The van der Waals surface area contributed by atoms with Gasteiger partial charge in [-0.2, -0.15) is 0 Å². The maximum Gasteiger partial charge on any atom is 0.220 e. The van der Waals surface area contributed by atoms with Crippen molar-refractivity contribution in [3.8, 4) is 0 Å². The van der Waals surface area contributed by atoms with Gasteiger partial charge in [-0.1, -0.05) is 292 Å². The van der Waals surface area contributed by atoms with E-state index in [-0.39, 0.29) is 12.5 Å². The van der Waals surface area contributed by atoms with Crippen molar-refractivity contribution in [2.24, 2.45) is 0 Å². The van der Waals surface area contributed by atoms with E-state index in [0.29, 0.717) is 6.42 Å². The largest absolute Gasteiger partial charge is 0.394 e. The lowest BCUT2D eigenvalue weighted by Gasteiger charge is -2.40. The normalized spacial score (nSPS) is 19.0. The van der Waals surface area contributed by atoms with Gasteiger partial charge >= 0.3 is 0 Å². The summed E-state index contributed by atoms with van der Waals surface area (Å²) in [5.74, 6) is -0.192. The van der Waals surface area contributed by atoms with Crippen LogP contribution >= 0.6 is 0 Å². The van der Waals surface area contributed by atoms with Gasteiger partial charge in [0.1, 0.15) is 24.4 Å². The molecule has 0 radical (unpaired) electrons. The smallest absolute Gasteiger partial charge is 0.220 e. The monoisotopic (exact) mass is 1110 g/mol. The fourth-order valence-electron chi connectivity index (χ4n) is 10.4. The average Bonchev–Trinajstić information content (AvgIpc) is 3.47. The van der Waals surface area contributed by atoms with E-state index < -0.39 is 49.5 Å². The van der Waals surface area contributed by atoms with Crippen LogP contribution in [0, 0.1) is 0 Å². The zero-order chi connectivity index (χ0) is 57.2. The third-order valence-corrected chi connectivity index (χ3v) is 15.7. The second-order valence-corrected chi connectivity index (χ2v) is 23.2. The molecule has 0 aromatic carbocycles. The van der Waals surface area contributed by atoms with Gasteiger partial charge < -0.3 is 40.3 Å². The van der Waals surface area contributed by atoms with Crippen molar-refractivity contribution in [2.45, 2.75) is 352 Å². The number of hydrogen-bond acceptors (Lipinski definition) is 8. The number of hydrogen-bond donors (Lipinski definition) is 6. The van der Waals surface area contributed by atoms with E-state index >= 15 is 0 Å². The summed E-state index contributed by atoms with van der Waals surface area (Å²) < 4.78 is 11.3. The molecule has 9 heteroatoms. The van der Waals surface area contributed by atoms with Crippen molar-refractivity contribution in [2.75, 3.05) is 13.2 Å². The Hall–Kier alpha value is -2.37. The van der Waals surface area contributed by atoms with Crippen LogP contribution in [0.3, 0.4) is 0 Å². The number of ether oxygens (including phenoxy) is 2. The van der Waals surface area contributed by atoms with Crippen LogP contribution in [-0.2, 0) is 14.3 Å². The summed E-state index contributed by atoms with van der Waals surface area (Å²) in [6.45, 7) is 3.78. The molecule has 1 aliphatic rings. The van der Waals surface area contributed by atoms with Gasteiger partial charge in [-0.25, -0.2) is 0 Å². The molecular weight excluding hydrogens is 983 g/mol. The molecule has 460 valence electrons. The van der Waals surface area contributed by atoms with Crippen LogP contribution in [-0.4, -0.2) is 87.5 Å². The van der Waals surface area contributed by atoms with Gasteiger partial charge in [0.05, 0.1) is 25.4 Å². The minimum Gasteiger partial charge on any atom is -0.394 e. The number of amides is 1. The fraction of sp³-hybridized carbons (Fsp3) is 0.814. The molecule has 0 saturated carbocycles. The molecule has 1 heterocycles. The molecule has 7 unspecified atom stereocenters. The Kier molecular flexibility index (Phi) is 55.6. The number of carbonyl (C=O) groups excluding carboxylic acids is 1. The standard InChI is InChI=1S/C70H127NO8/c1-3-5-7-9-11-13-15-17-19-21-23-25-27-29-31-32-34-35-37-39-41-43-45-47-49-51-53-55-57-59-64(73)63(62-78-70-69(77)68(76)67(75)65(61-72)79-70)71-66(74)60-58-56-54-52-50-48-46-44-42-40-38-36-33-30-28-26-24-22-20-18-16-14-12-10-8-6-4-2/h16,18,22,24,28,30,41,43,49,51,57,59,63-65,67-70,72-73,75-77H,3-15,17,19-21,23,25-27,29,31-40,42,44-48,50,52-56,58,60-62H2,1-2H3,(H,71,74)/b18-16-,24-22-,30-28-,43-41+,51-49+,59-57+. The maximum atomic E-state index is 13.1. The molecule has 7 atom stereocenters. The Morgan fingerprint density at radius 1 is 0.430 bits per heavy atom. The van der Waals surface area contributed by atoms with Crippen molar-refractivity contribution in [3.05, 3.63) is 72.9 Å². The summed E-state index contributed by atoms with van der Waals surface area (Å²) in [6.07, 6.45) is 75.7. The van der Waals surface area contributed by atoms with Crippen LogP contribution in [0.2, 0.25) is 0 Å². The lowest BCUT2D eigenvalue weighted by molar-refractivity contribution is -0.302. The van der Waals surface area contributed by atoms with Crippen LogP contribution in [0.5, 0.6) is 0 Å². The molecule has 1 fully saturated rings. The third-order valence-electron chi connectivity index (χ3n) is 15.7. The zero-order valence-corrected chi connectivity index (χ0v) is 51.4. The molecule has 0 aliphatic carbocycles. The lowest BCUT2D eigenvalue weighted by Crippen LogP contribution is -2.60. The first kappa shape index (κ1) is 74.6. The average molecular weight is 1110 g/mol. The minimum absolute atomic E-state index is 0.192. The number of allylic oxidation sites excluding steroid dienone is 11. The quantitative estimate of drug-likeness (QED) is 0.0261. The van der Waals surface area contributed by atoms with E-state index in [2.05, 4.69) is 79.9 Å². The Morgan fingerprint density at radius 3 is 1.15 bits per heavy atom. The molecule has 0 aromatic heterocycles. The first-order valence-electron chi connectivity index (χ1n) is 33.7. The van der Waals surface area contributed by atoms with Crippen molar-refractivity contribution in [1.82, 2.24) is 5.32 Å². The number of aliphatic hydroxyl groups excluding tert-OH is 5. The van der Waals surface area contributed by atoms with E-state index in [4.69, 9.17) is 9.47 Å². The molecule has 1 amide bonds. The number of unbranched alkanes of at least 4 members (excludes halogenated alkanes) is 38. The zero-order valence-electron chi connectivity index (χ0n) is 51.4. The number of aliphatic hydroxyl groups is 5. The highest BCUT2D eigenvalue weighted by molar-refractivity contribution is 5.76. The summed E-state index contributed by atoms with van der Waals surface area (Å²) >= 11 is 0. The van der Waals surface area contributed by atoms with E-state index in [0.717, 1.165) is 57.8 Å². The highest BCUT2D eigenvalue weighted by atomic mass is 16.7. The number of nitrogens with one attached hydrogen (secondary N) is 1. The number of carbonyl (C=O) groups is 1. The summed E-state index contributed by atoms with van der Waals surface area (Å²) in [5, 5.41) is 54.7. The van der Waals surface area contributed by atoms with Crippen LogP contribution in [0.25, 0.3) is 0 Å². The van der Waals surface area contributed by atoms with Crippen LogP contribution in [0.4, 0.5) is 0 Å². The minimum atomic E-state index is -1.58. The number of rotatable bonds is 58. The third kappa shape index (κ3) is 47.8. The van der Waals surface area contributed by atoms with E-state index in [1.165, 1.54) is 231 Å². The van der Waals surface area contributed by atoms with Gasteiger partial charge in [0.25, 0.3) is 0 Å². The first-order valence-corrected chi connectivity index (χ1v) is 33.7. The summed E-state index contributed by atoms with van der Waals surface area (Å²) in [7, 11) is 0. The molecular formula is C70H127NO8. The van der Waals surface area contributed by atoms with Gasteiger partial charge in [0.2, 0.25) is 5.91 Å². The summed E-state index contributed by atoms with van der Waals surface area (Å²) in [5.41, 5.74) is 0. The first-order chi connectivity index (χ1) is 38.8. The SMILES string of the molecule is CCCCCCC/C=C\C/C=C\C/C=C\CCCCCCCCCCCCCCC(=O)NC(COC1OC(CO)C(O)C(O)C1O)C(O)/C=C/CC/C=C/CC/C=C/CCCCCCCCCCCCCCCCCCCCC. The van der Waals surface area contributed by atoms with Crippen LogP contribution < -0.4 is 5.32 Å². The summed E-state index contributed by atoms with van der Waals surface area (Å²) in [6, 6.07) is -0.834. The molecule has 9 nitrogen and oxygen atoms in total. The second kappa shape index (κ2) is 58.8. The highest BCUT2D eigenvalue weighted by Crippen LogP contribution is 2.23. The molecule has 0 bridgehead atoms. The second-order valence-electron chi connectivity index (χ2n) is 23.2. The van der Waals surface area contributed by atoms with Crippen molar-refractivity contribution in [3.63, 3.8) is 0 Å². The Balaban J connectivity index is 2.20. The van der Waals surface area contributed by atoms with Crippen molar-refractivity contribution in [1.29, 1.82) is 0 Å². The van der Waals surface area contributed by atoms with Gasteiger partial charge in [-0.05, 0) is 83.5 Å². The maximum absolute atomic E-state index is 13.1. The summed E-state index contributed by atoms with van der Waals surface area (Å²) in [4.78, 5) is 13.1. The molecule has 6 N–H and O–H groups in total. The van der Waals surface area contributed by atoms with Gasteiger partial charge in [0.15, 0.2) is 6.29 Å². The van der Waals surface area contributed by atoms with Gasteiger partial charge in [0, 0.05) is 6.42 Å². The molecule has 1 rings (SSSR count). The van der Waals surface area contributed by atoms with E-state index in [1.54, 1.807) is 6.08 Å².